The predicted molar refractivity (Wildman–Crippen MR) is 60.2 cm³/mol. The quantitative estimate of drug-likeness (QED) is 0.602. The lowest BCUT2D eigenvalue weighted by Gasteiger charge is -2.31. The lowest BCUT2D eigenvalue weighted by molar-refractivity contribution is -0.124. The summed E-state index contributed by atoms with van der Waals surface area (Å²) in [4.78, 5) is -3.16. The fraction of sp³-hybridized carbons (Fsp3) is 1.00. The average Bonchev–Trinajstić information content (AvgIpc) is 2.26. The number of hydrogen-bond acceptors (Lipinski definition) is 1. The third-order valence-electron chi connectivity index (χ3n) is 3.56. The molecule has 0 aliphatic heterocycles. The van der Waals surface area contributed by atoms with Crippen molar-refractivity contribution in [1.82, 2.24) is 0 Å². The van der Waals surface area contributed by atoms with Gasteiger partial charge in [0.25, 0.3) is 0 Å². The van der Waals surface area contributed by atoms with Crippen molar-refractivity contribution in [3.63, 3.8) is 0 Å². The van der Waals surface area contributed by atoms with E-state index in [2.05, 4.69) is 29.8 Å². The number of halogens is 3. The van der Waals surface area contributed by atoms with Gasteiger partial charge in [0.1, 0.15) is 5.60 Å². The van der Waals surface area contributed by atoms with E-state index in [1.807, 2.05) is 0 Å². The summed E-state index contributed by atoms with van der Waals surface area (Å²) < 4.78 is 26.3. The fourth-order valence-electron chi connectivity index (χ4n) is 2.30. The molecule has 2 atom stereocenters. The van der Waals surface area contributed by atoms with Crippen molar-refractivity contribution in [1.29, 1.82) is 0 Å². The van der Waals surface area contributed by atoms with E-state index in [4.69, 9.17) is 0 Å². The lowest BCUT2D eigenvalue weighted by Crippen LogP contribution is -2.43. The van der Waals surface area contributed by atoms with Gasteiger partial charge in [0, 0.05) is 0 Å². The van der Waals surface area contributed by atoms with Crippen LogP contribution in [0.5, 0.6) is 0 Å². The normalized spacial score (nSPS) is 34.2. The van der Waals surface area contributed by atoms with Crippen molar-refractivity contribution in [3.8, 4) is 0 Å². The second-order valence-corrected chi connectivity index (χ2v) is 5.96. The summed E-state index contributed by atoms with van der Waals surface area (Å²) in [5, 5.41) is 9.89. The van der Waals surface area contributed by atoms with Crippen molar-refractivity contribution in [2.45, 2.75) is 56.4 Å². The SMILES string of the molecule is CC(C)C1CCCC(O)(C(F)(F)Br)CC1. The number of hydrogen-bond donors (Lipinski definition) is 1. The van der Waals surface area contributed by atoms with Crippen molar-refractivity contribution < 1.29 is 13.9 Å². The minimum absolute atomic E-state index is 0.189. The van der Waals surface area contributed by atoms with E-state index in [1.165, 1.54) is 0 Å². The van der Waals surface area contributed by atoms with E-state index >= 15 is 0 Å². The molecule has 1 fully saturated rings. The van der Waals surface area contributed by atoms with Gasteiger partial charge in [-0.15, -0.1) is 0 Å². The molecule has 1 aliphatic rings. The molecular formula is C11H19BrF2O. The van der Waals surface area contributed by atoms with Crippen LogP contribution in [0.3, 0.4) is 0 Å². The van der Waals surface area contributed by atoms with Crippen LogP contribution >= 0.6 is 15.9 Å². The van der Waals surface area contributed by atoms with Crippen LogP contribution in [0.1, 0.15) is 46.0 Å². The molecule has 0 bridgehead atoms. The third-order valence-corrected chi connectivity index (χ3v) is 4.30. The van der Waals surface area contributed by atoms with Gasteiger partial charge in [0.15, 0.2) is 0 Å². The van der Waals surface area contributed by atoms with Crippen LogP contribution in [0, 0.1) is 11.8 Å². The Bertz CT molecular complexity index is 215. The monoisotopic (exact) mass is 284 g/mol. The summed E-state index contributed by atoms with van der Waals surface area (Å²) >= 11 is 2.30. The van der Waals surface area contributed by atoms with Gasteiger partial charge < -0.3 is 5.11 Å². The maximum atomic E-state index is 13.2. The molecule has 1 rings (SSSR count). The van der Waals surface area contributed by atoms with Crippen LogP contribution < -0.4 is 0 Å². The molecule has 0 aromatic rings. The summed E-state index contributed by atoms with van der Waals surface area (Å²) in [6, 6.07) is 0. The highest BCUT2D eigenvalue weighted by atomic mass is 79.9. The number of aliphatic hydroxyl groups is 1. The largest absolute Gasteiger partial charge is 0.383 e. The molecule has 0 radical (unpaired) electrons. The Morgan fingerprint density at radius 1 is 1.33 bits per heavy atom. The molecule has 1 nitrogen and oxygen atoms in total. The molecule has 0 heterocycles. The van der Waals surface area contributed by atoms with Gasteiger partial charge in [-0.05, 0) is 47.0 Å². The van der Waals surface area contributed by atoms with Crippen LogP contribution in [0.2, 0.25) is 0 Å². The van der Waals surface area contributed by atoms with E-state index in [-0.39, 0.29) is 12.8 Å². The van der Waals surface area contributed by atoms with Crippen LogP contribution in [0.15, 0.2) is 0 Å². The van der Waals surface area contributed by atoms with Crippen molar-refractivity contribution in [2.75, 3.05) is 0 Å². The third kappa shape index (κ3) is 3.13. The van der Waals surface area contributed by atoms with Crippen LogP contribution in [-0.4, -0.2) is 15.5 Å². The average molecular weight is 285 g/mol. The molecule has 1 aliphatic carbocycles. The predicted octanol–water partition coefficient (Wildman–Crippen LogP) is 3.94. The molecule has 1 N–H and O–H groups in total. The highest BCUT2D eigenvalue weighted by Gasteiger charge is 2.50. The Labute approximate surface area is 98.4 Å². The Kier molecular flexibility index (Phi) is 4.15. The second-order valence-electron chi connectivity index (χ2n) is 4.96. The molecule has 0 aromatic heterocycles. The number of alkyl halides is 3. The minimum Gasteiger partial charge on any atom is -0.383 e. The maximum absolute atomic E-state index is 13.2. The van der Waals surface area contributed by atoms with Crippen molar-refractivity contribution in [2.24, 2.45) is 11.8 Å². The Morgan fingerprint density at radius 2 is 1.93 bits per heavy atom. The Morgan fingerprint density at radius 3 is 2.40 bits per heavy atom. The van der Waals surface area contributed by atoms with E-state index in [9.17, 15) is 13.9 Å². The van der Waals surface area contributed by atoms with Gasteiger partial charge in [-0.25, -0.2) is 0 Å². The first-order valence-corrected chi connectivity index (χ1v) is 6.35. The summed E-state index contributed by atoms with van der Waals surface area (Å²) in [5.41, 5.74) is -1.85. The molecule has 90 valence electrons. The first-order valence-electron chi connectivity index (χ1n) is 5.55. The van der Waals surface area contributed by atoms with Crippen molar-refractivity contribution in [3.05, 3.63) is 0 Å². The second kappa shape index (κ2) is 4.66. The Hall–Kier alpha value is 0.300. The van der Waals surface area contributed by atoms with Gasteiger partial charge >= 0.3 is 4.83 Å². The summed E-state index contributed by atoms with van der Waals surface area (Å²) in [7, 11) is 0. The highest BCUT2D eigenvalue weighted by molar-refractivity contribution is 9.10. The molecular weight excluding hydrogens is 266 g/mol. The minimum atomic E-state index is -3.16. The first kappa shape index (κ1) is 13.4. The zero-order valence-corrected chi connectivity index (χ0v) is 10.9. The maximum Gasteiger partial charge on any atom is 0.329 e. The van der Waals surface area contributed by atoms with E-state index in [0.29, 0.717) is 24.7 Å². The van der Waals surface area contributed by atoms with Gasteiger partial charge in [0.05, 0.1) is 0 Å². The fourth-order valence-corrected chi connectivity index (χ4v) is 2.70. The first-order chi connectivity index (χ1) is 6.76. The molecule has 0 aromatic carbocycles. The highest BCUT2D eigenvalue weighted by Crippen LogP contribution is 2.45. The zero-order valence-electron chi connectivity index (χ0n) is 9.27. The van der Waals surface area contributed by atoms with Crippen LogP contribution in [0.25, 0.3) is 0 Å². The van der Waals surface area contributed by atoms with Gasteiger partial charge in [-0.1, -0.05) is 26.7 Å². The summed E-state index contributed by atoms with van der Waals surface area (Å²) in [6.07, 6.45) is 2.70. The molecule has 0 amide bonds. The van der Waals surface area contributed by atoms with E-state index in [0.717, 1.165) is 6.42 Å². The summed E-state index contributed by atoms with van der Waals surface area (Å²) in [6.45, 7) is 4.22. The summed E-state index contributed by atoms with van der Waals surface area (Å²) in [5.74, 6) is 0.977. The van der Waals surface area contributed by atoms with Gasteiger partial charge in [-0.2, -0.15) is 8.78 Å². The van der Waals surface area contributed by atoms with Gasteiger partial charge in [-0.3, -0.25) is 0 Å². The zero-order chi connectivity index (χ0) is 11.7. The smallest absolute Gasteiger partial charge is 0.329 e. The molecule has 0 saturated heterocycles. The van der Waals surface area contributed by atoms with E-state index in [1.54, 1.807) is 0 Å². The molecule has 0 spiro atoms. The lowest BCUT2D eigenvalue weighted by atomic mass is 9.88. The molecule has 15 heavy (non-hydrogen) atoms. The van der Waals surface area contributed by atoms with Gasteiger partial charge in [0.2, 0.25) is 0 Å². The molecule has 2 unspecified atom stereocenters. The molecule has 4 heteroatoms. The topological polar surface area (TPSA) is 20.2 Å². The van der Waals surface area contributed by atoms with Crippen molar-refractivity contribution >= 4 is 15.9 Å². The number of rotatable bonds is 2. The molecule has 1 saturated carbocycles. The van der Waals surface area contributed by atoms with Crippen LogP contribution in [0.4, 0.5) is 8.78 Å². The Balaban J connectivity index is 2.67. The van der Waals surface area contributed by atoms with Crippen LogP contribution in [-0.2, 0) is 0 Å². The van der Waals surface area contributed by atoms with E-state index < -0.39 is 10.4 Å². The standard InChI is InChI=1S/C11H19BrF2O/c1-8(2)9-4-3-6-10(15,7-5-9)11(12,13)14/h8-9,15H,3-7H2,1-2H3.